The summed E-state index contributed by atoms with van der Waals surface area (Å²) in [6, 6.07) is 7.01. The van der Waals surface area contributed by atoms with Crippen LogP contribution in [0.2, 0.25) is 0 Å². The third kappa shape index (κ3) is 2.57. The van der Waals surface area contributed by atoms with Gasteiger partial charge in [0.25, 0.3) is 5.69 Å². The van der Waals surface area contributed by atoms with Crippen LogP contribution in [0.3, 0.4) is 0 Å². The fraction of sp³-hybridized carbons (Fsp3) is 0.600. The van der Waals surface area contributed by atoms with Gasteiger partial charge in [0.15, 0.2) is 0 Å². The van der Waals surface area contributed by atoms with E-state index in [0.717, 1.165) is 30.6 Å². The van der Waals surface area contributed by atoms with Crippen molar-refractivity contribution in [3.8, 4) is 0 Å². The largest absolute Gasteiger partial charge is 0.371 e. The topological polar surface area (TPSA) is 46.4 Å². The average molecular weight is 260 g/mol. The minimum absolute atomic E-state index is 0.177. The molecule has 0 aromatic heterocycles. The van der Waals surface area contributed by atoms with E-state index in [0.29, 0.717) is 0 Å². The van der Waals surface area contributed by atoms with Crippen molar-refractivity contribution in [2.45, 2.75) is 32.1 Å². The van der Waals surface area contributed by atoms with Crippen LogP contribution in [0.15, 0.2) is 24.3 Å². The molecule has 0 unspecified atom stereocenters. The Hall–Kier alpha value is -1.58. The lowest BCUT2D eigenvalue weighted by Gasteiger charge is -2.42. The third-order valence-corrected chi connectivity index (χ3v) is 4.72. The Kier molecular flexibility index (Phi) is 3.40. The van der Waals surface area contributed by atoms with Crippen molar-refractivity contribution in [2.75, 3.05) is 18.0 Å². The first-order chi connectivity index (χ1) is 9.24. The smallest absolute Gasteiger partial charge is 0.269 e. The number of piperidine rings is 1. The van der Waals surface area contributed by atoms with Crippen LogP contribution in [0.25, 0.3) is 0 Å². The molecule has 1 aromatic carbocycles. The molecule has 102 valence electrons. The van der Waals surface area contributed by atoms with E-state index in [1.165, 1.54) is 32.1 Å². The molecular weight excluding hydrogens is 240 g/mol. The monoisotopic (exact) mass is 260 g/mol. The molecule has 0 bridgehead atoms. The van der Waals surface area contributed by atoms with Crippen molar-refractivity contribution in [1.29, 1.82) is 0 Å². The maximum absolute atomic E-state index is 10.7. The first-order valence-electron chi connectivity index (χ1n) is 7.23. The zero-order valence-electron chi connectivity index (χ0n) is 11.1. The van der Waals surface area contributed by atoms with E-state index in [9.17, 15) is 10.1 Å². The summed E-state index contributed by atoms with van der Waals surface area (Å²) in [5.41, 5.74) is 1.31. The highest BCUT2D eigenvalue weighted by Crippen LogP contribution is 2.37. The first kappa shape index (κ1) is 12.5. The number of non-ortho nitro benzene ring substituents is 1. The van der Waals surface area contributed by atoms with Gasteiger partial charge in [-0.2, -0.15) is 0 Å². The minimum Gasteiger partial charge on any atom is -0.371 e. The van der Waals surface area contributed by atoms with Crippen LogP contribution < -0.4 is 4.90 Å². The third-order valence-electron chi connectivity index (χ3n) is 4.72. The molecule has 0 amide bonds. The molecule has 1 saturated heterocycles. The molecule has 1 aliphatic heterocycles. The van der Waals surface area contributed by atoms with E-state index in [-0.39, 0.29) is 10.6 Å². The van der Waals surface area contributed by atoms with Gasteiger partial charge in [-0.1, -0.05) is 19.3 Å². The Morgan fingerprint density at radius 2 is 1.74 bits per heavy atom. The second-order valence-electron chi connectivity index (χ2n) is 5.81. The normalized spacial score (nSPS) is 26.8. The van der Waals surface area contributed by atoms with Crippen LogP contribution in [0.5, 0.6) is 0 Å². The van der Waals surface area contributed by atoms with E-state index in [4.69, 9.17) is 0 Å². The minimum atomic E-state index is -0.336. The number of nitro groups is 1. The zero-order valence-corrected chi connectivity index (χ0v) is 11.1. The summed E-state index contributed by atoms with van der Waals surface area (Å²) < 4.78 is 0. The quantitative estimate of drug-likeness (QED) is 0.602. The summed E-state index contributed by atoms with van der Waals surface area (Å²) in [7, 11) is 0. The van der Waals surface area contributed by atoms with Gasteiger partial charge >= 0.3 is 0 Å². The molecule has 3 rings (SSSR count). The molecule has 1 aromatic rings. The molecule has 2 fully saturated rings. The van der Waals surface area contributed by atoms with Gasteiger partial charge in [0.1, 0.15) is 0 Å². The van der Waals surface area contributed by atoms with Crippen molar-refractivity contribution in [1.82, 2.24) is 0 Å². The molecule has 0 spiro atoms. The second-order valence-corrected chi connectivity index (χ2v) is 5.81. The maximum Gasteiger partial charge on any atom is 0.269 e. The van der Waals surface area contributed by atoms with Gasteiger partial charge in [-0.05, 0) is 36.8 Å². The van der Waals surface area contributed by atoms with E-state index in [1.54, 1.807) is 12.1 Å². The van der Waals surface area contributed by atoms with Crippen LogP contribution in [0.1, 0.15) is 32.1 Å². The van der Waals surface area contributed by atoms with Crippen LogP contribution >= 0.6 is 0 Å². The van der Waals surface area contributed by atoms with Gasteiger partial charge < -0.3 is 4.90 Å². The first-order valence-corrected chi connectivity index (χ1v) is 7.23. The second kappa shape index (κ2) is 5.19. The Balaban J connectivity index is 1.70. The summed E-state index contributed by atoms with van der Waals surface area (Å²) >= 11 is 0. The molecule has 4 heteroatoms. The van der Waals surface area contributed by atoms with Crippen LogP contribution in [-0.2, 0) is 0 Å². The Morgan fingerprint density at radius 3 is 2.42 bits per heavy atom. The Labute approximate surface area is 113 Å². The van der Waals surface area contributed by atoms with Gasteiger partial charge in [-0.15, -0.1) is 0 Å². The van der Waals surface area contributed by atoms with Gasteiger partial charge in [-0.3, -0.25) is 10.1 Å². The van der Waals surface area contributed by atoms with Crippen molar-refractivity contribution >= 4 is 11.4 Å². The zero-order chi connectivity index (χ0) is 13.2. The number of hydrogen-bond acceptors (Lipinski definition) is 3. The summed E-state index contributed by atoms with van der Waals surface area (Å²) in [6.45, 7) is 2.22. The van der Waals surface area contributed by atoms with Crippen LogP contribution in [0, 0.1) is 22.0 Å². The highest BCUT2D eigenvalue weighted by atomic mass is 16.6. The van der Waals surface area contributed by atoms with Gasteiger partial charge in [0.05, 0.1) is 4.92 Å². The number of nitro benzene ring substituents is 1. The molecule has 1 heterocycles. The van der Waals surface area contributed by atoms with Gasteiger partial charge in [0.2, 0.25) is 0 Å². The SMILES string of the molecule is O=[N+]([O-])c1ccc(N2CC[C@H]3CCCC[C@@H]3C2)cc1. The van der Waals surface area contributed by atoms with E-state index < -0.39 is 0 Å². The molecular formula is C15H20N2O2. The highest BCUT2D eigenvalue weighted by Gasteiger charge is 2.31. The molecule has 0 N–H and O–H groups in total. The number of anilines is 1. The molecule has 0 radical (unpaired) electrons. The summed E-state index contributed by atoms with van der Waals surface area (Å²) in [5.74, 6) is 1.75. The summed E-state index contributed by atoms with van der Waals surface area (Å²) in [6.07, 6.45) is 6.81. The number of nitrogens with zero attached hydrogens (tertiary/aromatic N) is 2. The van der Waals surface area contributed by atoms with E-state index >= 15 is 0 Å². The lowest BCUT2D eigenvalue weighted by molar-refractivity contribution is -0.384. The van der Waals surface area contributed by atoms with Crippen LogP contribution in [-0.4, -0.2) is 18.0 Å². The number of rotatable bonds is 2. The molecule has 4 nitrogen and oxygen atoms in total. The molecule has 2 atom stereocenters. The molecule has 1 aliphatic carbocycles. The van der Waals surface area contributed by atoms with E-state index in [2.05, 4.69) is 4.90 Å². The summed E-state index contributed by atoms with van der Waals surface area (Å²) in [4.78, 5) is 12.7. The fourth-order valence-corrected chi connectivity index (χ4v) is 3.62. The number of hydrogen-bond donors (Lipinski definition) is 0. The predicted octanol–water partition coefficient (Wildman–Crippen LogP) is 3.61. The van der Waals surface area contributed by atoms with Crippen molar-refractivity contribution in [2.24, 2.45) is 11.8 Å². The van der Waals surface area contributed by atoms with Gasteiger partial charge in [0, 0.05) is 30.9 Å². The van der Waals surface area contributed by atoms with Crippen molar-refractivity contribution in [3.63, 3.8) is 0 Å². The number of fused-ring (bicyclic) bond motifs is 1. The molecule has 1 saturated carbocycles. The van der Waals surface area contributed by atoms with Crippen LogP contribution in [0.4, 0.5) is 11.4 Å². The van der Waals surface area contributed by atoms with Gasteiger partial charge in [-0.25, -0.2) is 0 Å². The maximum atomic E-state index is 10.7. The summed E-state index contributed by atoms with van der Waals surface area (Å²) in [5, 5.41) is 10.7. The lowest BCUT2D eigenvalue weighted by Crippen LogP contribution is -2.41. The van der Waals surface area contributed by atoms with Crippen molar-refractivity contribution in [3.05, 3.63) is 34.4 Å². The molecule has 19 heavy (non-hydrogen) atoms. The lowest BCUT2D eigenvalue weighted by atomic mass is 9.75. The average Bonchev–Trinajstić information content (AvgIpc) is 2.47. The van der Waals surface area contributed by atoms with Crippen molar-refractivity contribution < 1.29 is 4.92 Å². The highest BCUT2D eigenvalue weighted by molar-refractivity contribution is 5.51. The van der Waals surface area contributed by atoms with E-state index in [1.807, 2.05) is 12.1 Å². The fourth-order valence-electron chi connectivity index (χ4n) is 3.62. The predicted molar refractivity (Wildman–Crippen MR) is 75.4 cm³/mol. The molecule has 2 aliphatic rings. The number of benzene rings is 1. The standard InChI is InChI=1S/C15H20N2O2/c18-17(19)15-7-5-14(6-8-15)16-10-9-12-3-1-2-4-13(12)11-16/h5-8,12-13H,1-4,9-11H2/t12-,13-/m1/s1. The Morgan fingerprint density at radius 1 is 1.05 bits per heavy atom. The Bertz CT molecular complexity index is 458.